The number of phenolic OH excluding ortho intramolecular Hbond substituents is 1. The Morgan fingerprint density at radius 2 is 1.86 bits per heavy atom. The van der Waals surface area contributed by atoms with Crippen molar-refractivity contribution in [2.24, 2.45) is 5.92 Å². The lowest BCUT2D eigenvalue weighted by molar-refractivity contribution is -0.128. The minimum atomic E-state index is -1.03. The number of phenols is 1. The molecule has 0 fully saturated rings. The highest BCUT2D eigenvalue weighted by molar-refractivity contribution is 5.91. The summed E-state index contributed by atoms with van der Waals surface area (Å²) in [6.07, 6.45) is 2.42. The predicted molar refractivity (Wildman–Crippen MR) is 110 cm³/mol. The number of aromatic hydroxyl groups is 1. The Labute approximate surface area is 170 Å². The van der Waals surface area contributed by atoms with Crippen LogP contribution in [0, 0.1) is 5.92 Å². The number of ether oxygens (including phenoxy) is 1. The molecule has 0 saturated carbocycles. The van der Waals surface area contributed by atoms with E-state index in [2.05, 4.69) is 5.32 Å². The summed E-state index contributed by atoms with van der Waals surface area (Å²) in [7, 11) is 1.42. The molecule has 1 aliphatic rings. The quantitative estimate of drug-likeness (QED) is 0.534. The number of carbonyl (C=O) groups is 2. The van der Waals surface area contributed by atoms with Crippen molar-refractivity contribution in [3.05, 3.63) is 47.6 Å². The highest BCUT2D eigenvalue weighted by atomic mass is 16.5. The molecule has 0 saturated heterocycles. The van der Waals surface area contributed by atoms with Gasteiger partial charge in [0.2, 0.25) is 5.91 Å². The second kappa shape index (κ2) is 10.3. The van der Waals surface area contributed by atoms with Crippen molar-refractivity contribution in [3.63, 3.8) is 0 Å². The number of benzene rings is 1. The fourth-order valence-corrected chi connectivity index (χ4v) is 3.20. The Bertz CT molecular complexity index is 800. The van der Waals surface area contributed by atoms with E-state index in [0.717, 1.165) is 5.56 Å². The zero-order valence-electron chi connectivity index (χ0n) is 17.0. The van der Waals surface area contributed by atoms with Crippen LogP contribution in [0.5, 0.6) is 5.75 Å². The lowest BCUT2D eigenvalue weighted by atomic mass is 9.94. The van der Waals surface area contributed by atoms with Crippen molar-refractivity contribution >= 4 is 17.4 Å². The fraction of sp³-hybridized carbons (Fsp3) is 0.455. The summed E-state index contributed by atoms with van der Waals surface area (Å²) in [5.41, 5.74) is 1.68. The Kier molecular flexibility index (Phi) is 8.13. The number of rotatable bonds is 1. The molecule has 158 valence electrons. The SMILES string of the molecule is CO[C@@H]1/C=C/Cc2cc(O)cc(c2)NC(=O)C[C@H](O)/C(C)=C/[C@H](C)[C@@H](O)CC1=O. The van der Waals surface area contributed by atoms with Crippen molar-refractivity contribution in [3.8, 4) is 5.75 Å². The summed E-state index contributed by atoms with van der Waals surface area (Å²) in [4.78, 5) is 24.7. The minimum absolute atomic E-state index is 0.00273. The number of methoxy groups -OCH3 is 1. The number of hydrogen-bond donors (Lipinski definition) is 4. The number of carbonyl (C=O) groups excluding carboxylic acids is 2. The van der Waals surface area contributed by atoms with Gasteiger partial charge in [0.05, 0.1) is 18.6 Å². The maximum atomic E-state index is 12.5. The molecule has 0 aliphatic carbocycles. The van der Waals surface area contributed by atoms with Gasteiger partial charge in [-0.25, -0.2) is 0 Å². The van der Waals surface area contributed by atoms with Crippen molar-refractivity contribution in [2.75, 3.05) is 12.4 Å². The second-order valence-electron chi connectivity index (χ2n) is 7.45. The molecule has 1 amide bonds. The highest BCUT2D eigenvalue weighted by Crippen LogP contribution is 2.22. The highest BCUT2D eigenvalue weighted by Gasteiger charge is 2.23. The second-order valence-corrected chi connectivity index (χ2v) is 7.45. The van der Waals surface area contributed by atoms with E-state index in [1.807, 2.05) is 0 Å². The van der Waals surface area contributed by atoms with Crippen molar-refractivity contribution in [1.29, 1.82) is 0 Å². The number of hydrogen-bond acceptors (Lipinski definition) is 6. The average Bonchev–Trinajstić information content (AvgIpc) is 2.63. The molecular formula is C22H29NO6. The van der Waals surface area contributed by atoms with Crippen LogP contribution in [0.15, 0.2) is 42.0 Å². The van der Waals surface area contributed by atoms with Gasteiger partial charge in [-0.2, -0.15) is 0 Å². The molecule has 1 aliphatic heterocycles. The zero-order chi connectivity index (χ0) is 21.6. The number of amides is 1. The van der Waals surface area contributed by atoms with Crippen LogP contribution in [0.2, 0.25) is 0 Å². The number of nitrogens with one attached hydrogen (secondary N) is 1. The topological polar surface area (TPSA) is 116 Å². The van der Waals surface area contributed by atoms with Crippen LogP contribution >= 0.6 is 0 Å². The number of ketones is 1. The van der Waals surface area contributed by atoms with Gasteiger partial charge in [0.25, 0.3) is 0 Å². The molecule has 1 aromatic rings. The summed E-state index contributed by atoms with van der Waals surface area (Å²) in [6.45, 7) is 3.42. The normalized spacial score (nSPS) is 30.0. The maximum absolute atomic E-state index is 12.5. The Balaban J connectivity index is 2.35. The van der Waals surface area contributed by atoms with Gasteiger partial charge >= 0.3 is 0 Å². The van der Waals surface area contributed by atoms with Crippen LogP contribution in [0.25, 0.3) is 0 Å². The molecule has 29 heavy (non-hydrogen) atoms. The van der Waals surface area contributed by atoms with Crippen LogP contribution in [0.4, 0.5) is 5.69 Å². The molecule has 1 aromatic carbocycles. The fourth-order valence-electron chi connectivity index (χ4n) is 3.20. The van der Waals surface area contributed by atoms with Crippen molar-refractivity contribution < 1.29 is 29.6 Å². The van der Waals surface area contributed by atoms with Crippen LogP contribution in [-0.2, 0) is 20.7 Å². The van der Waals surface area contributed by atoms with E-state index >= 15 is 0 Å². The number of Topliss-reactive ketones (excluding diaryl/α,β-unsaturated/α-hetero) is 1. The van der Waals surface area contributed by atoms with Gasteiger partial charge in [-0.15, -0.1) is 0 Å². The average molecular weight is 403 g/mol. The molecule has 0 radical (unpaired) electrons. The molecule has 2 rings (SSSR count). The van der Waals surface area contributed by atoms with Gasteiger partial charge in [-0.3, -0.25) is 9.59 Å². The van der Waals surface area contributed by atoms with Crippen LogP contribution in [-0.4, -0.2) is 52.4 Å². The van der Waals surface area contributed by atoms with Gasteiger partial charge < -0.3 is 25.4 Å². The molecule has 1 heterocycles. The van der Waals surface area contributed by atoms with Crippen LogP contribution in [0.3, 0.4) is 0 Å². The third-order valence-electron chi connectivity index (χ3n) is 4.94. The predicted octanol–water partition coefficient (Wildman–Crippen LogP) is 2.11. The molecule has 7 heteroatoms. The third-order valence-corrected chi connectivity index (χ3v) is 4.94. The first-order valence-corrected chi connectivity index (χ1v) is 9.59. The first-order valence-electron chi connectivity index (χ1n) is 9.59. The molecule has 4 atom stereocenters. The van der Waals surface area contributed by atoms with Crippen molar-refractivity contribution in [2.45, 2.75) is 51.4 Å². The summed E-state index contributed by atoms with van der Waals surface area (Å²) in [5.74, 6) is -1.05. The van der Waals surface area contributed by atoms with Gasteiger partial charge in [0.1, 0.15) is 11.9 Å². The molecule has 2 bridgehead atoms. The van der Waals surface area contributed by atoms with E-state index < -0.39 is 24.2 Å². The van der Waals surface area contributed by atoms with Gasteiger partial charge in [-0.05, 0) is 36.6 Å². The third kappa shape index (κ3) is 6.81. The van der Waals surface area contributed by atoms with E-state index in [1.165, 1.54) is 13.2 Å². The van der Waals surface area contributed by atoms with Crippen molar-refractivity contribution in [1.82, 2.24) is 0 Å². The lowest BCUT2D eigenvalue weighted by Crippen LogP contribution is -2.28. The lowest BCUT2D eigenvalue weighted by Gasteiger charge is -2.19. The molecule has 4 N–H and O–H groups in total. The molecule has 0 spiro atoms. The Morgan fingerprint density at radius 3 is 2.55 bits per heavy atom. The smallest absolute Gasteiger partial charge is 0.227 e. The molecule has 0 aromatic heterocycles. The summed E-state index contributed by atoms with van der Waals surface area (Å²) in [5, 5.41) is 33.3. The number of allylic oxidation sites excluding steroid dienone is 1. The van der Waals surface area contributed by atoms with E-state index in [-0.39, 0.29) is 30.3 Å². The van der Waals surface area contributed by atoms with Gasteiger partial charge in [0, 0.05) is 31.2 Å². The maximum Gasteiger partial charge on any atom is 0.227 e. The zero-order valence-corrected chi connectivity index (χ0v) is 17.0. The van der Waals surface area contributed by atoms with E-state index in [9.17, 15) is 24.9 Å². The minimum Gasteiger partial charge on any atom is -0.508 e. The van der Waals surface area contributed by atoms with E-state index in [4.69, 9.17) is 4.74 Å². The molecule has 7 nitrogen and oxygen atoms in total. The number of aliphatic hydroxyl groups excluding tert-OH is 2. The van der Waals surface area contributed by atoms with E-state index in [0.29, 0.717) is 17.7 Å². The number of fused-ring (bicyclic) bond motifs is 2. The summed E-state index contributed by atoms with van der Waals surface area (Å²) < 4.78 is 5.23. The summed E-state index contributed by atoms with van der Waals surface area (Å²) >= 11 is 0. The number of aliphatic hydroxyl groups is 2. The first-order chi connectivity index (χ1) is 13.7. The largest absolute Gasteiger partial charge is 0.508 e. The first kappa shape index (κ1) is 22.8. The standard InChI is InChI=1S/C22H29NO6/c1-13-7-14(2)19(26)12-22(28)23-16-8-15(9-17(24)10-16)5-4-6-21(29-3)20(27)11-18(13)25/h4,6-10,13,18-19,21,24-26H,5,11-12H2,1-3H3,(H,23,28)/b6-4+,14-7+/t13-,18-,19-,21+/m0/s1. The molecule has 0 unspecified atom stereocenters. The van der Waals surface area contributed by atoms with Gasteiger partial charge in [0.15, 0.2) is 5.78 Å². The Morgan fingerprint density at radius 1 is 1.14 bits per heavy atom. The number of anilines is 1. The van der Waals surface area contributed by atoms with Crippen LogP contribution < -0.4 is 5.32 Å². The molecular weight excluding hydrogens is 374 g/mol. The van der Waals surface area contributed by atoms with E-state index in [1.54, 1.807) is 44.2 Å². The monoisotopic (exact) mass is 403 g/mol. The summed E-state index contributed by atoms with van der Waals surface area (Å²) in [6, 6.07) is 4.70. The van der Waals surface area contributed by atoms with Gasteiger partial charge in [-0.1, -0.05) is 25.2 Å². The van der Waals surface area contributed by atoms with Crippen LogP contribution in [0.1, 0.15) is 32.3 Å². The Hall–Kier alpha value is -2.48.